The first-order valence-corrected chi connectivity index (χ1v) is 8.28. The zero-order valence-electron chi connectivity index (χ0n) is 14.4. The minimum atomic E-state index is -0.513. The highest BCUT2D eigenvalue weighted by atomic mass is 16.2. The van der Waals surface area contributed by atoms with Gasteiger partial charge in [-0.1, -0.05) is 30.3 Å². The van der Waals surface area contributed by atoms with E-state index in [1.165, 1.54) is 6.33 Å². The SMILES string of the molecule is Cc1ccccc1NC(=O)c1nc[nH]c1C(=O)Nc1nc2ccccc2[nH]1. The lowest BCUT2D eigenvalue weighted by atomic mass is 10.2. The molecule has 2 aromatic carbocycles. The molecule has 2 aromatic heterocycles. The summed E-state index contributed by atoms with van der Waals surface area (Å²) in [6.07, 6.45) is 1.31. The van der Waals surface area contributed by atoms with Gasteiger partial charge in [0.15, 0.2) is 5.69 Å². The average Bonchev–Trinajstić information content (AvgIpc) is 3.29. The Morgan fingerprint density at radius 3 is 2.56 bits per heavy atom. The minimum Gasteiger partial charge on any atom is -0.340 e. The quantitative estimate of drug-likeness (QED) is 0.447. The summed E-state index contributed by atoms with van der Waals surface area (Å²) < 4.78 is 0. The van der Waals surface area contributed by atoms with Gasteiger partial charge in [-0.05, 0) is 30.7 Å². The van der Waals surface area contributed by atoms with Crippen LogP contribution in [0.15, 0.2) is 54.9 Å². The molecule has 0 saturated carbocycles. The maximum absolute atomic E-state index is 12.6. The largest absolute Gasteiger partial charge is 0.340 e. The standard InChI is InChI=1S/C19H16N6O2/c1-11-6-2-3-7-12(11)22-17(26)15-16(21-10-20-15)18(27)25-19-23-13-8-4-5-9-14(13)24-19/h2-10H,1H3,(H,20,21)(H,22,26)(H2,23,24,25,27). The first-order valence-electron chi connectivity index (χ1n) is 8.28. The van der Waals surface area contributed by atoms with Crippen LogP contribution in [0.5, 0.6) is 0 Å². The second-order valence-electron chi connectivity index (χ2n) is 5.95. The highest BCUT2D eigenvalue weighted by molar-refractivity contribution is 6.13. The Morgan fingerprint density at radius 2 is 1.74 bits per heavy atom. The molecular formula is C19H16N6O2. The summed E-state index contributed by atoms with van der Waals surface area (Å²) in [6, 6.07) is 14.8. The maximum Gasteiger partial charge on any atom is 0.276 e. The van der Waals surface area contributed by atoms with Crippen LogP contribution < -0.4 is 10.6 Å². The number of H-pyrrole nitrogens is 2. The molecule has 0 fully saturated rings. The molecule has 0 saturated heterocycles. The predicted octanol–water partition coefficient (Wildman–Crippen LogP) is 3.10. The van der Waals surface area contributed by atoms with Gasteiger partial charge in [0.05, 0.1) is 17.4 Å². The smallest absolute Gasteiger partial charge is 0.276 e. The maximum atomic E-state index is 12.6. The van der Waals surface area contributed by atoms with Gasteiger partial charge in [-0.15, -0.1) is 0 Å². The molecule has 0 bridgehead atoms. The van der Waals surface area contributed by atoms with Crippen molar-refractivity contribution in [2.75, 3.05) is 10.6 Å². The second-order valence-corrected chi connectivity index (χ2v) is 5.95. The van der Waals surface area contributed by atoms with Crippen molar-refractivity contribution in [2.45, 2.75) is 6.92 Å². The van der Waals surface area contributed by atoms with E-state index in [4.69, 9.17) is 0 Å². The third-order valence-corrected chi connectivity index (χ3v) is 4.10. The highest BCUT2D eigenvalue weighted by Gasteiger charge is 2.21. The number of fused-ring (bicyclic) bond motifs is 1. The van der Waals surface area contributed by atoms with Gasteiger partial charge >= 0.3 is 0 Å². The van der Waals surface area contributed by atoms with Gasteiger partial charge in [0, 0.05) is 5.69 Å². The number of anilines is 2. The summed E-state index contributed by atoms with van der Waals surface area (Å²) in [5, 5.41) is 5.42. The van der Waals surface area contributed by atoms with E-state index in [-0.39, 0.29) is 11.4 Å². The molecule has 134 valence electrons. The number of benzene rings is 2. The summed E-state index contributed by atoms with van der Waals surface area (Å²) in [7, 11) is 0. The molecule has 4 aromatic rings. The summed E-state index contributed by atoms with van der Waals surface area (Å²) in [5.74, 6) is -0.692. The fourth-order valence-electron chi connectivity index (χ4n) is 2.72. The van der Waals surface area contributed by atoms with Crippen LogP contribution >= 0.6 is 0 Å². The molecule has 0 aliphatic rings. The number of hydrogen-bond acceptors (Lipinski definition) is 4. The molecule has 4 N–H and O–H groups in total. The van der Waals surface area contributed by atoms with Crippen molar-refractivity contribution in [3.8, 4) is 0 Å². The average molecular weight is 360 g/mol. The molecule has 4 rings (SSSR count). The van der Waals surface area contributed by atoms with Crippen LogP contribution in [0.1, 0.15) is 26.5 Å². The summed E-state index contributed by atoms with van der Waals surface area (Å²) in [5.41, 5.74) is 3.17. The summed E-state index contributed by atoms with van der Waals surface area (Å²) in [6.45, 7) is 1.88. The summed E-state index contributed by atoms with van der Waals surface area (Å²) >= 11 is 0. The number of rotatable bonds is 4. The van der Waals surface area contributed by atoms with Gasteiger partial charge in [-0.25, -0.2) is 9.97 Å². The zero-order chi connectivity index (χ0) is 18.8. The molecule has 0 atom stereocenters. The van der Waals surface area contributed by atoms with Crippen molar-refractivity contribution in [1.82, 2.24) is 19.9 Å². The Balaban J connectivity index is 1.54. The first-order chi connectivity index (χ1) is 13.1. The zero-order valence-corrected chi connectivity index (χ0v) is 14.4. The predicted molar refractivity (Wildman–Crippen MR) is 102 cm³/mol. The number of amides is 2. The van der Waals surface area contributed by atoms with Gasteiger partial charge in [0.1, 0.15) is 5.69 Å². The number of aryl methyl sites for hydroxylation is 1. The van der Waals surface area contributed by atoms with Crippen molar-refractivity contribution in [2.24, 2.45) is 0 Å². The lowest BCUT2D eigenvalue weighted by Crippen LogP contribution is -2.21. The molecule has 8 nitrogen and oxygen atoms in total. The van der Waals surface area contributed by atoms with Crippen LogP contribution in [0.3, 0.4) is 0 Å². The lowest BCUT2D eigenvalue weighted by molar-refractivity contribution is 0.0985. The van der Waals surface area contributed by atoms with E-state index < -0.39 is 11.8 Å². The molecule has 0 radical (unpaired) electrons. The molecule has 0 unspecified atom stereocenters. The van der Waals surface area contributed by atoms with Gasteiger partial charge < -0.3 is 15.3 Å². The molecule has 0 aliphatic carbocycles. The van der Waals surface area contributed by atoms with Gasteiger partial charge in [-0.3, -0.25) is 14.9 Å². The van der Waals surface area contributed by atoms with Crippen LogP contribution in [-0.2, 0) is 0 Å². The van der Waals surface area contributed by atoms with E-state index in [9.17, 15) is 9.59 Å². The van der Waals surface area contributed by atoms with Crippen LogP contribution in [0.4, 0.5) is 11.6 Å². The lowest BCUT2D eigenvalue weighted by Gasteiger charge is -2.07. The molecule has 8 heteroatoms. The van der Waals surface area contributed by atoms with Crippen molar-refractivity contribution >= 4 is 34.5 Å². The number of imidazole rings is 2. The van der Waals surface area contributed by atoms with Crippen molar-refractivity contribution in [3.05, 3.63) is 71.8 Å². The Hall–Kier alpha value is -3.94. The van der Waals surface area contributed by atoms with Crippen LogP contribution in [-0.4, -0.2) is 31.8 Å². The molecule has 0 aliphatic heterocycles. The van der Waals surface area contributed by atoms with Crippen molar-refractivity contribution in [1.29, 1.82) is 0 Å². The third-order valence-electron chi connectivity index (χ3n) is 4.10. The Labute approximate surface area is 154 Å². The number of nitrogens with zero attached hydrogens (tertiary/aromatic N) is 2. The summed E-state index contributed by atoms with van der Waals surface area (Å²) in [4.78, 5) is 39.1. The highest BCUT2D eigenvalue weighted by Crippen LogP contribution is 2.17. The number of nitrogens with one attached hydrogen (secondary N) is 4. The number of aromatic nitrogens is 4. The molecule has 2 heterocycles. The van der Waals surface area contributed by atoms with E-state index in [1.54, 1.807) is 6.07 Å². The Bertz CT molecular complexity index is 1110. The second kappa shape index (κ2) is 6.75. The number of para-hydroxylation sites is 3. The fourth-order valence-corrected chi connectivity index (χ4v) is 2.72. The monoisotopic (exact) mass is 360 g/mol. The molecular weight excluding hydrogens is 344 g/mol. The number of carbonyl (C=O) groups excluding carboxylic acids is 2. The number of carbonyl (C=O) groups is 2. The Morgan fingerprint density at radius 1 is 0.963 bits per heavy atom. The van der Waals surface area contributed by atoms with E-state index in [1.807, 2.05) is 49.4 Å². The Kier molecular flexibility index (Phi) is 4.13. The van der Waals surface area contributed by atoms with Gasteiger partial charge in [-0.2, -0.15) is 0 Å². The normalized spacial score (nSPS) is 10.7. The van der Waals surface area contributed by atoms with E-state index >= 15 is 0 Å². The number of hydrogen-bond donors (Lipinski definition) is 4. The van der Waals surface area contributed by atoms with E-state index in [2.05, 4.69) is 30.6 Å². The van der Waals surface area contributed by atoms with Crippen LogP contribution in [0, 0.1) is 6.92 Å². The number of aromatic amines is 2. The van der Waals surface area contributed by atoms with E-state index in [0.717, 1.165) is 16.6 Å². The third kappa shape index (κ3) is 3.28. The van der Waals surface area contributed by atoms with Crippen LogP contribution in [0.25, 0.3) is 11.0 Å². The molecule has 0 spiro atoms. The minimum absolute atomic E-state index is 0.00636. The van der Waals surface area contributed by atoms with Crippen molar-refractivity contribution in [3.63, 3.8) is 0 Å². The van der Waals surface area contributed by atoms with E-state index in [0.29, 0.717) is 11.6 Å². The van der Waals surface area contributed by atoms with Crippen LogP contribution in [0.2, 0.25) is 0 Å². The van der Waals surface area contributed by atoms with Crippen molar-refractivity contribution < 1.29 is 9.59 Å². The topological polar surface area (TPSA) is 116 Å². The molecule has 2 amide bonds. The van der Waals surface area contributed by atoms with Gasteiger partial charge in [0.25, 0.3) is 11.8 Å². The van der Waals surface area contributed by atoms with Gasteiger partial charge in [0.2, 0.25) is 5.95 Å². The fraction of sp³-hybridized carbons (Fsp3) is 0.0526. The molecule has 27 heavy (non-hydrogen) atoms. The first kappa shape index (κ1) is 16.5.